The zero-order chi connectivity index (χ0) is 15.6. The van der Waals surface area contributed by atoms with Crippen LogP contribution in [-0.4, -0.2) is 38.9 Å². The maximum absolute atomic E-state index is 11.9. The van der Waals surface area contributed by atoms with Crippen LogP contribution in [0.2, 0.25) is 0 Å². The molecule has 0 radical (unpaired) electrons. The van der Waals surface area contributed by atoms with Crippen LogP contribution in [0, 0.1) is 5.92 Å². The van der Waals surface area contributed by atoms with Gasteiger partial charge in [0.1, 0.15) is 5.69 Å². The predicted octanol–water partition coefficient (Wildman–Crippen LogP) is 1.79. The maximum atomic E-state index is 11.9. The Bertz CT molecular complexity index is 675. The number of likely N-dealkylation sites (tertiary alicyclic amines) is 1. The van der Waals surface area contributed by atoms with Crippen molar-refractivity contribution in [1.82, 2.24) is 19.9 Å². The van der Waals surface area contributed by atoms with Crippen LogP contribution in [0.1, 0.15) is 30.1 Å². The minimum Gasteiger partial charge on any atom is -0.370 e. The predicted molar refractivity (Wildman–Crippen MR) is 83.3 cm³/mol. The lowest BCUT2D eigenvalue weighted by Crippen LogP contribution is -2.51. The minimum absolute atomic E-state index is 0.257. The molecule has 0 atom stereocenters. The molecule has 1 aliphatic heterocycles. The number of hydrogen-bond donors (Lipinski definition) is 0. The van der Waals surface area contributed by atoms with Crippen LogP contribution in [0.5, 0.6) is 0 Å². The first-order valence-electron chi connectivity index (χ1n) is 8.11. The van der Waals surface area contributed by atoms with Crippen LogP contribution < -0.4 is 0 Å². The number of carbonyl (C=O) groups excluding carboxylic acids is 1. The fourth-order valence-corrected chi connectivity index (χ4v) is 2.80. The number of carbonyl (C=O) groups is 1. The van der Waals surface area contributed by atoms with E-state index in [1.807, 2.05) is 46.1 Å². The Labute approximate surface area is 135 Å². The van der Waals surface area contributed by atoms with E-state index in [0.717, 1.165) is 37.2 Å². The minimum atomic E-state index is 0.257. The molecule has 0 spiro atoms. The average molecular weight is 312 g/mol. The van der Waals surface area contributed by atoms with E-state index in [1.165, 1.54) is 0 Å². The highest BCUT2D eigenvalue weighted by atomic mass is 16.5. The molecule has 1 saturated heterocycles. The van der Waals surface area contributed by atoms with Gasteiger partial charge in [-0.3, -0.25) is 4.79 Å². The normalized spacial score (nSPS) is 18.0. The van der Waals surface area contributed by atoms with Gasteiger partial charge in [-0.1, -0.05) is 35.5 Å². The smallest absolute Gasteiger partial charge is 0.225 e. The Kier molecular flexibility index (Phi) is 3.83. The lowest BCUT2D eigenvalue weighted by atomic mass is 10.1. The van der Waals surface area contributed by atoms with Crippen molar-refractivity contribution < 1.29 is 9.53 Å². The Morgan fingerprint density at radius 1 is 1.17 bits per heavy atom. The molecule has 1 aromatic carbocycles. The van der Waals surface area contributed by atoms with Crippen molar-refractivity contribution in [3.63, 3.8) is 0 Å². The van der Waals surface area contributed by atoms with Gasteiger partial charge >= 0.3 is 0 Å². The molecule has 23 heavy (non-hydrogen) atoms. The van der Waals surface area contributed by atoms with Gasteiger partial charge in [-0.05, 0) is 18.4 Å². The highest BCUT2D eigenvalue weighted by molar-refractivity contribution is 5.81. The first-order valence-corrected chi connectivity index (χ1v) is 8.11. The zero-order valence-corrected chi connectivity index (χ0v) is 13.0. The van der Waals surface area contributed by atoms with Crippen molar-refractivity contribution in [3.05, 3.63) is 47.8 Å². The molecular formula is C17H20N4O2. The maximum Gasteiger partial charge on any atom is 0.225 e. The summed E-state index contributed by atoms with van der Waals surface area (Å²) in [5.74, 6) is 0.612. The van der Waals surface area contributed by atoms with Crippen LogP contribution in [0.3, 0.4) is 0 Å². The molecule has 2 fully saturated rings. The summed E-state index contributed by atoms with van der Waals surface area (Å²) in [6, 6.07) is 10.3. The molecule has 1 aromatic heterocycles. The number of nitrogens with zero attached hydrogens (tertiary/aromatic N) is 4. The molecule has 6 nitrogen and oxygen atoms in total. The van der Waals surface area contributed by atoms with E-state index >= 15 is 0 Å². The van der Waals surface area contributed by atoms with E-state index in [1.54, 1.807) is 0 Å². The first kappa shape index (κ1) is 14.4. The molecule has 0 N–H and O–H groups in total. The number of hydrogen-bond acceptors (Lipinski definition) is 4. The molecule has 1 saturated carbocycles. The van der Waals surface area contributed by atoms with Gasteiger partial charge in [-0.25, -0.2) is 4.68 Å². The third-order valence-corrected chi connectivity index (χ3v) is 4.39. The molecule has 120 valence electrons. The van der Waals surface area contributed by atoms with Gasteiger partial charge in [-0.15, -0.1) is 5.10 Å². The van der Waals surface area contributed by atoms with Crippen molar-refractivity contribution in [2.75, 3.05) is 13.1 Å². The van der Waals surface area contributed by atoms with Gasteiger partial charge in [0.2, 0.25) is 5.91 Å². The number of rotatable bonds is 6. The highest BCUT2D eigenvalue weighted by Crippen LogP contribution is 2.34. The largest absolute Gasteiger partial charge is 0.370 e. The van der Waals surface area contributed by atoms with Crippen molar-refractivity contribution in [3.8, 4) is 0 Å². The van der Waals surface area contributed by atoms with Gasteiger partial charge < -0.3 is 9.64 Å². The summed E-state index contributed by atoms with van der Waals surface area (Å²) in [4.78, 5) is 13.8. The molecule has 1 aliphatic carbocycles. The second kappa shape index (κ2) is 6.12. The SMILES string of the molecule is O=C(C1CC1)N1CC(n2cc(COCc3ccccc3)nn2)C1. The summed E-state index contributed by atoms with van der Waals surface area (Å²) in [6.45, 7) is 2.53. The van der Waals surface area contributed by atoms with Gasteiger partial charge in [0.15, 0.2) is 0 Å². The summed E-state index contributed by atoms with van der Waals surface area (Å²) in [7, 11) is 0. The Hall–Kier alpha value is -2.21. The fraction of sp³-hybridized carbons (Fsp3) is 0.471. The topological polar surface area (TPSA) is 60.2 Å². The van der Waals surface area contributed by atoms with Crippen LogP contribution in [0.4, 0.5) is 0 Å². The lowest BCUT2D eigenvalue weighted by molar-refractivity contribution is -0.138. The second-order valence-corrected chi connectivity index (χ2v) is 6.34. The van der Waals surface area contributed by atoms with Gasteiger partial charge in [0.05, 0.1) is 25.5 Å². The number of benzene rings is 1. The van der Waals surface area contributed by atoms with Gasteiger partial charge in [0.25, 0.3) is 0 Å². The van der Waals surface area contributed by atoms with E-state index < -0.39 is 0 Å². The fourth-order valence-electron chi connectivity index (χ4n) is 2.80. The van der Waals surface area contributed by atoms with E-state index in [9.17, 15) is 4.79 Å². The van der Waals surface area contributed by atoms with E-state index in [4.69, 9.17) is 4.74 Å². The summed E-state index contributed by atoms with van der Waals surface area (Å²) in [5, 5.41) is 8.32. The monoisotopic (exact) mass is 312 g/mol. The Morgan fingerprint density at radius 3 is 2.70 bits per heavy atom. The summed E-state index contributed by atoms with van der Waals surface area (Å²) < 4.78 is 7.53. The molecule has 4 rings (SSSR count). The second-order valence-electron chi connectivity index (χ2n) is 6.34. The Balaban J connectivity index is 1.24. The van der Waals surface area contributed by atoms with Gasteiger partial charge in [0, 0.05) is 19.0 Å². The average Bonchev–Trinajstić information content (AvgIpc) is 3.28. The first-order chi connectivity index (χ1) is 11.3. The molecule has 0 unspecified atom stereocenters. The van der Waals surface area contributed by atoms with Crippen molar-refractivity contribution in [2.45, 2.75) is 32.1 Å². The highest BCUT2D eigenvalue weighted by Gasteiger charge is 2.40. The summed E-state index contributed by atoms with van der Waals surface area (Å²) >= 11 is 0. The van der Waals surface area contributed by atoms with E-state index in [-0.39, 0.29) is 6.04 Å². The Morgan fingerprint density at radius 2 is 1.96 bits per heavy atom. The molecule has 1 amide bonds. The standard InChI is InChI=1S/C17H20N4O2/c22-17(14-6-7-14)20-9-16(10-20)21-8-15(18-19-21)12-23-11-13-4-2-1-3-5-13/h1-5,8,14,16H,6-7,9-12H2. The molecule has 2 aliphatic rings. The van der Waals surface area contributed by atoms with Crippen molar-refractivity contribution in [1.29, 1.82) is 0 Å². The summed E-state index contributed by atoms with van der Waals surface area (Å²) in [5.41, 5.74) is 1.97. The lowest BCUT2D eigenvalue weighted by Gasteiger charge is -2.39. The number of aromatic nitrogens is 3. The van der Waals surface area contributed by atoms with E-state index in [2.05, 4.69) is 10.3 Å². The van der Waals surface area contributed by atoms with Crippen molar-refractivity contribution >= 4 is 5.91 Å². The van der Waals surface area contributed by atoms with Gasteiger partial charge in [-0.2, -0.15) is 0 Å². The molecular weight excluding hydrogens is 292 g/mol. The summed E-state index contributed by atoms with van der Waals surface area (Å²) in [6.07, 6.45) is 4.05. The molecule has 0 bridgehead atoms. The number of ether oxygens (including phenoxy) is 1. The van der Waals surface area contributed by atoms with Crippen molar-refractivity contribution in [2.24, 2.45) is 5.92 Å². The zero-order valence-electron chi connectivity index (χ0n) is 13.0. The van der Waals surface area contributed by atoms with E-state index in [0.29, 0.717) is 25.0 Å². The van der Waals surface area contributed by atoms with Crippen LogP contribution in [-0.2, 0) is 22.7 Å². The molecule has 2 aromatic rings. The van der Waals surface area contributed by atoms with Crippen LogP contribution >= 0.6 is 0 Å². The molecule has 6 heteroatoms. The van der Waals surface area contributed by atoms with Crippen LogP contribution in [0.25, 0.3) is 0 Å². The third-order valence-electron chi connectivity index (χ3n) is 4.39. The molecule has 2 heterocycles. The third kappa shape index (κ3) is 3.27. The quantitative estimate of drug-likeness (QED) is 0.816. The number of amides is 1. The van der Waals surface area contributed by atoms with Crippen LogP contribution in [0.15, 0.2) is 36.5 Å².